The van der Waals surface area contributed by atoms with Crippen LogP contribution in [0.15, 0.2) is 12.5 Å². The molecule has 0 saturated carbocycles. The van der Waals surface area contributed by atoms with Gasteiger partial charge in [-0.1, -0.05) is 0 Å². The number of hydrogen-bond donors (Lipinski definition) is 2. The van der Waals surface area contributed by atoms with Crippen LogP contribution in [0, 0.1) is 23.9 Å². The lowest BCUT2D eigenvalue weighted by atomic mass is 10.1. The highest BCUT2D eigenvalue weighted by Crippen LogP contribution is 2.27. The van der Waals surface area contributed by atoms with Crippen molar-refractivity contribution < 1.29 is 4.74 Å². The summed E-state index contributed by atoms with van der Waals surface area (Å²) in [6.45, 7) is 6.05. The number of nitrogens with zero attached hydrogens (tertiary/aromatic N) is 5. The molecule has 2 aromatic heterocycles. The Labute approximate surface area is 127 Å². The Morgan fingerprint density at radius 3 is 3.05 bits per heavy atom. The van der Waals surface area contributed by atoms with Crippen molar-refractivity contribution in [3.8, 4) is 6.26 Å². The molecule has 0 radical (unpaired) electrons. The summed E-state index contributed by atoms with van der Waals surface area (Å²) in [6.07, 6.45) is 5.04. The number of nitriles is 1. The number of ether oxygens (including phenoxy) is 1. The van der Waals surface area contributed by atoms with Crippen molar-refractivity contribution in [1.82, 2.24) is 19.9 Å². The smallest absolute Gasteiger partial charge is 0.301 e. The maximum absolute atomic E-state index is 8.54. The van der Waals surface area contributed by atoms with Gasteiger partial charge in [0.15, 0.2) is 0 Å². The standard InChI is InChI=1S/C14H17N7O/c1-9-5-17-12-11(9)13(19-8-18-12)20-3-4-21(10(2)6-20)14(16)22-7-15/h5,8,10,16H,3-4,6H2,1-2H3,(H,17,18,19). The number of aromatic nitrogens is 3. The third-order valence-corrected chi connectivity index (χ3v) is 3.98. The van der Waals surface area contributed by atoms with Crippen LogP contribution in [0.3, 0.4) is 0 Å². The van der Waals surface area contributed by atoms with Gasteiger partial charge >= 0.3 is 6.02 Å². The molecular weight excluding hydrogens is 282 g/mol. The zero-order valence-corrected chi connectivity index (χ0v) is 12.5. The van der Waals surface area contributed by atoms with Crippen molar-refractivity contribution in [2.24, 2.45) is 0 Å². The van der Waals surface area contributed by atoms with Crippen molar-refractivity contribution in [3.63, 3.8) is 0 Å². The number of fused-ring (bicyclic) bond motifs is 1. The normalized spacial score (nSPS) is 18.3. The van der Waals surface area contributed by atoms with Gasteiger partial charge in [0.2, 0.25) is 0 Å². The molecule has 1 saturated heterocycles. The first-order valence-corrected chi connectivity index (χ1v) is 7.06. The zero-order chi connectivity index (χ0) is 15.7. The largest absolute Gasteiger partial charge is 0.352 e. The Kier molecular flexibility index (Phi) is 3.55. The monoisotopic (exact) mass is 299 g/mol. The van der Waals surface area contributed by atoms with Gasteiger partial charge in [-0.15, -0.1) is 5.26 Å². The molecule has 0 bridgehead atoms. The second-order valence-corrected chi connectivity index (χ2v) is 5.38. The van der Waals surface area contributed by atoms with Crippen LogP contribution in [0.4, 0.5) is 5.82 Å². The molecule has 0 amide bonds. The molecule has 0 aromatic carbocycles. The van der Waals surface area contributed by atoms with Gasteiger partial charge in [-0.25, -0.2) is 9.97 Å². The molecule has 1 aliphatic rings. The first kappa shape index (κ1) is 14.1. The predicted octanol–water partition coefficient (Wildman–Crippen LogP) is 1.21. The molecule has 1 atom stereocenters. The molecule has 2 aromatic rings. The van der Waals surface area contributed by atoms with Crippen molar-refractivity contribution >= 4 is 22.9 Å². The Balaban J connectivity index is 1.84. The highest BCUT2D eigenvalue weighted by atomic mass is 16.5. The van der Waals surface area contributed by atoms with Crippen LogP contribution in [-0.4, -0.2) is 51.5 Å². The SMILES string of the molecule is Cc1c[nH]c2ncnc(N3CCN(C(=N)OC#N)C(C)C3)c12. The molecule has 2 N–H and O–H groups in total. The number of anilines is 1. The van der Waals surface area contributed by atoms with Crippen molar-refractivity contribution in [3.05, 3.63) is 18.1 Å². The van der Waals surface area contributed by atoms with E-state index in [1.165, 1.54) is 0 Å². The second-order valence-electron chi connectivity index (χ2n) is 5.38. The summed E-state index contributed by atoms with van der Waals surface area (Å²) in [6, 6.07) is -0.0424. The van der Waals surface area contributed by atoms with Gasteiger partial charge in [0.05, 0.1) is 5.39 Å². The first-order valence-electron chi connectivity index (χ1n) is 7.06. The fraction of sp³-hybridized carbons (Fsp3) is 0.429. The van der Waals surface area contributed by atoms with E-state index in [1.54, 1.807) is 17.5 Å². The lowest BCUT2D eigenvalue weighted by molar-refractivity contribution is 0.241. The lowest BCUT2D eigenvalue weighted by Crippen LogP contribution is -2.54. The van der Waals surface area contributed by atoms with E-state index < -0.39 is 0 Å². The third kappa shape index (κ3) is 2.30. The van der Waals surface area contributed by atoms with E-state index in [9.17, 15) is 0 Å². The minimum atomic E-state index is -0.0969. The Morgan fingerprint density at radius 2 is 2.32 bits per heavy atom. The molecule has 114 valence electrons. The third-order valence-electron chi connectivity index (χ3n) is 3.98. The number of rotatable bonds is 1. The molecule has 0 aliphatic carbocycles. The summed E-state index contributed by atoms with van der Waals surface area (Å²) in [5.74, 6) is 0.906. The minimum absolute atomic E-state index is 0.0545. The second kappa shape index (κ2) is 5.52. The maximum Gasteiger partial charge on any atom is 0.301 e. The number of nitrogens with one attached hydrogen (secondary N) is 2. The molecule has 3 heterocycles. The maximum atomic E-state index is 8.54. The Morgan fingerprint density at radius 1 is 1.50 bits per heavy atom. The molecule has 1 unspecified atom stereocenters. The Hall–Kier alpha value is -2.82. The Bertz CT molecular complexity index is 747. The summed E-state index contributed by atoms with van der Waals surface area (Å²) in [5.41, 5.74) is 1.94. The van der Waals surface area contributed by atoms with Crippen LogP contribution in [-0.2, 0) is 4.74 Å². The van der Waals surface area contributed by atoms with Crippen LogP contribution in [0.25, 0.3) is 11.0 Å². The van der Waals surface area contributed by atoms with Crippen LogP contribution in [0.2, 0.25) is 0 Å². The topological polar surface area (TPSA) is 105 Å². The van der Waals surface area contributed by atoms with Crippen molar-refractivity contribution in [2.75, 3.05) is 24.5 Å². The quantitative estimate of drug-likeness (QED) is 0.466. The highest BCUT2D eigenvalue weighted by Gasteiger charge is 2.28. The number of aryl methyl sites for hydroxylation is 1. The highest BCUT2D eigenvalue weighted by molar-refractivity contribution is 5.90. The number of piperazine rings is 1. The van der Waals surface area contributed by atoms with Gasteiger partial charge in [-0.3, -0.25) is 5.41 Å². The summed E-state index contributed by atoms with van der Waals surface area (Å²) in [7, 11) is 0. The molecule has 1 fully saturated rings. The van der Waals surface area contributed by atoms with Crippen LogP contribution in [0.1, 0.15) is 12.5 Å². The lowest BCUT2D eigenvalue weighted by Gasteiger charge is -2.40. The van der Waals surface area contributed by atoms with Crippen LogP contribution < -0.4 is 4.90 Å². The average Bonchev–Trinajstić information content (AvgIpc) is 2.89. The molecule has 8 heteroatoms. The summed E-state index contributed by atoms with van der Waals surface area (Å²) in [4.78, 5) is 15.8. The van der Waals surface area contributed by atoms with Gasteiger partial charge < -0.3 is 19.5 Å². The first-order chi connectivity index (χ1) is 10.6. The minimum Gasteiger partial charge on any atom is -0.352 e. The van der Waals surface area contributed by atoms with E-state index in [0.29, 0.717) is 19.6 Å². The zero-order valence-electron chi connectivity index (χ0n) is 12.5. The summed E-state index contributed by atoms with van der Waals surface area (Å²) >= 11 is 0. The van der Waals surface area contributed by atoms with E-state index in [0.717, 1.165) is 22.4 Å². The van der Waals surface area contributed by atoms with Gasteiger partial charge in [-0.05, 0) is 19.4 Å². The van der Waals surface area contributed by atoms with Gasteiger partial charge in [0.1, 0.15) is 17.8 Å². The molecule has 3 rings (SSSR count). The average molecular weight is 299 g/mol. The molecular formula is C14H17N7O. The molecule has 0 spiro atoms. The predicted molar refractivity (Wildman–Crippen MR) is 81.4 cm³/mol. The van der Waals surface area contributed by atoms with Gasteiger partial charge in [0.25, 0.3) is 6.26 Å². The van der Waals surface area contributed by atoms with E-state index in [2.05, 4.69) is 24.6 Å². The van der Waals surface area contributed by atoms with Gasteiger partial charge in [-0.2, -0.15) is 0 Å². The molecule has 1 aliphatic heterocycles. The number of amidine groups is 1. The fourth-order valence-electron chi connectivity index (χ4n) is 2.89. The number of hydrogen-bond acceptors (Lipinski definition) is 6. The van der Waals surface area contributed by atoms with E-state index >= 15 is 0 Å². The van der Waals surface area contributed by atoms with Gasteiger partial charge in [0, 0.05) is 31.9 Å². The fourth-order valence-corrected chi connectivity index (χ4v) is 2.89. The molecule has 8 nitrogen and oxygen atoms in total. The summed E-state index contributed by atoms with van der Waals surface area (Å²) in [5, 5.41) is 17.3. The van der Waals surface area contributed by atoms with Crippen LogP contribution in [0.5, 0.6) is 0 Å². The molecule has 22 heavy (non-hydrogen) atoms. The number of aromatic amines is 1. The van der Waals surface area contributed by atoms with Crippen molar-refractivity contribution in [2.45, 2.75) is 19.9 Å². The van der Waals surface area contributed by atoms with E-state index in [4.69, 9.17) is 10.7 Å². The van der Waals surface area contributed by atoms with E-state index in [-0.39, 0.29) is 12.1 Å². The van der Waals surface area contributed by atoms with E-state index in [1.807, 2.05) is 20.0 Å². The van der Waals surface area contributed by atoms with Crippen LogP contribution >= 0.6 is 0 Å². The van der Waals surface area contributed by atoms with Crippen molar-refractivity contribution in [1.29, 1.82) is 10.7 Å². The summed E-state index contributed by atoms with van der Waals surface area (Å²) < 4.78 is 4.64. The number of H-pyrrole nitrogens is 1.